The highest BCUT2D eigenvalue weighted by molar-refractivity contribution is 9.10. The number of halogens is 1. The summed E-state index contributed by atoms with van der Waals surface area (Å²) >= 11 is 3.43. The standard InChI is InChI=1S/C19H20BrN3O2/c20-13-1-2-15-14(6-13)16(17(24)21-15)22-23-18(25)19-7-10-3-11(8-19)5-12(4-10)9-19/h1-2,6,10-12,21,24H,3-5,7-9H2. The highest BCUT2D eigenvalue weighted by Crippen LogP contribution is 2.60. The van der Waals surface area contributed by atoms with Crippen molar-refractivity contribution < 1.29 is 9.90 Å². The number of rotatable bonds is 2. The third kappa shape index (κ3) is 2.45. The van der Waals surface area contributed by atoms with Gasteiger partial charge in [0.1, 0.15) is 0 Å². The fourth-order valence-corrected chi connectivity index (χ4v) is 6.17. The Morgan fingerprint density at radius 2 is 1.80 bits per heavy atom. The third-order valence-electron chi connectivity index (χ3n) is 6.45. The topological polar surface area (TPSA) is 77.8 Å². The smallest absolute Gasteiger partial charge is 0.270 e. The number of benzene rings is 1. The summed E-state index contributed by atoms with van der Waals surface area (Å²) in [5.74, 6) is 1.96. The van der Waals surface area contributed by atoms with E-state index >= 15 is 0 Å². The Labute approximate surface area is 154 Å². The molecule has 4 saturated carbocycles. The number of amides is 1. The first-order valence-corrected chi connectivity index (χ1v) is 9.78. The van der Waals surface area contributed by atoms with Crippen LogP contribution in [0.3, 0.4) is 0 Å². The molecule has 5 nitrogen and oxygen atoms in total. The summed E-state index contributed by atoms with van der Waals surface area (Å²) in [6, 6.07) is 5.62. The lowest BCUT2D eigenvalue weighted by molar-refractivity contribution is -0.142. The summed E-state index contributed by atoms with van der Waals surface area (Å²) in [5.41, 5.74) is 0.826. The first kappa shape index (κ1) is 15.6. The number of aromatic hydroxyl groups is 1. The predicted octanol–water partition coefficient (Wildman–Crippen LogP) is 5.46. The number of fused-ring (bicyclic) bond motifs is 1. The van der Waals surface area contributed by atoms with Crippen LogP contribution < -0.4 is 0 Å². The normalized spacial score (nSPS) is 33.6. The monoisotopic (exact) mass is 401 g/mol. The zero-order chi connectivity index (χ0) is 17.2. The first-order valence-electron chi connectivity index (χ1n) is 8.99. The molecule has 0 aliphatic heterocycles. The summed E-state index contributed by atoms with van der Waals surface area (Å²) in [6.45, 7) is 0. The number of carbonyl (C=O) groups is 1. The zero-order valence-corrected chi connectivity index (χ0v) is 15.4. The van der Waals surface area contributed by atoms with E-state index in [9.17, 15) is 9.90 Å². The van der Waals surface area contributed by atoms with Crippen LogP contribution in [-0.2, 0) is 4.79 Å². The van der Waals surface area contributed by atoms with Crippen molar-refractivity contribution in [3.8, 4) is 5.88 Å². The van der Waals surface area contributed by atoms with Crippen LogP contribution in [0.1, 0.15) is 38.5 Å². The fraction of sp³-hybridized carbons (Fsp3) is 0.526. The summed E-state index contributed by atoms with van der Waals surface area (Å²) in [5, 5.41) is 19.1. The van der Waals surface area contributed by atoms with Crippen LogP contribution in [0.4, 0.5) is 5.69 Å². The van der Waals surface area contributed by atoms with Crippen molar-refractivity contribution in [1.29, 1.82) is 0 Å². The van der Waals surface area contributed by atoms with Gasteiger partial charge in [0.25, 0.3) is 5.91 Å². The number of aromatic amines is 1. The van der Waals surface area contributed by atoms with Gasteiger partial charge in [-0.2, -0.15) is 0 Å². The summed E-state index contributed by atoms with van der Waals surface area (Å²) < 4.78 is 0.892. The maximum Gasteiger partial charge on any atom is 0.270 e. The molecule has 0 atom stereocenters. The van der Waals surface area contributed by atoms with Gasteiger partial charge in [-0.05, 0) is 74.5 Å². The number of H-pyrrole nitrogens is 1. The van der Waals surface area contributed by atoms with Crippen molar-refractivity contribution in [1.82, 2.24) is 4.98 Å². The molecule has 6 rings (SSSR count). The Morgan fingerprint density at radius 1 is 1.16 bits per heavy atom. The van der Waals surface area contributed by atoms with Crippen molar-refractivity contribution in [2.24, 2.45) is 33.4 Å². The minimum Gasteiger partial charge on any atom is -0.493 e. The van der Waals surface area contributed by atoms with Gasteiger partial charge in [-0.1, -0.05) is 15.9 Å². The molecule has 1 heterocycles. The van der Waals surface area contributed by atoms with E-state index in [1.54, 1.807) is 0 Å². The van der Waals surface area contributed by atoms with Crippen LogP contribution in [0.2, 0.25) is 0 Å². The highest BCUT2D eigenvalue weighted by Gasteiger charge is 2.54. The molecule has 4 bridgehead atoms. The van der Waals surface area contributed by atoms with Crippen molar-refractivity contribution >= 4 is 38.4 Å². The van der Waals surface area contributed by atoms with Crippen LogP contribution in [-0.4, -0.2) is 16.0 Å². The van der Waals surface area contributed by atoms with Gasteiger partial charge in [0.2, 0.25) is 5.88 Å². The Hall–Kier alpha value is -1.69. The van der Waals surface area contributed by atoms with E-state index < -0.39 is 0 Å². The first-order chi connectivity index (χ1) is 12.0. The summed E-state index contributed by atoms with van der Waals surface area (Å²) in [6.07, 6.45) is 6.80. The second-order valence-corrected chi connectivity index (χ2v) is 9.13. The minimum absolute atomic E-state index is 0.0461. The molecule has 0 spiro atoms. The van der Waals surface area contributed by atoms with Crippen molar-refractivity contribution in [2.45, 2.75) is 38.5 Å². The molecule has 25 heavy (non-hydrogen) atoms. The number of nitrogens with zero attached hydrogens (tertiary/aromatic N) is 2. The lowest BCUT2D eigenvalue weighted by atomic mass is 9.49. The molecule has 0 unspecified atom stereocenters. The molecule has 130 valence electrons. The van der Waals surface area contributed by atoms with Crippen LogP contribution in [0.5, 0.6) is 5.88 Å². The number of azo groups is 1. The molecule has 1 amide bonds. The zero-order valence-electron chi connectivity index (χ0n) is 13.8. The van der Waals surface area contributed by atoms with E-state index in [1.165, 1.54) is 19.3 Å². The van der Waals surface area contributed by atoms with Crippen LogP contribution in [0, 0.1) is 23.2 Å². The summed E-state index contributed by atoms with van der Waals surface area (Å²) in [7, 11) is 0. The third-order valence-corrected chi connectivity index (χ3v) is 6.94. The highest BCUT2D eigenvalue weighted by atomic mass is 79.9. The van der Waals surface area contributed by atoms with Crippen LogP contribution >= 0.6 is 15.9 Å². The number of hydrogen-bond donors (Lipinski definition) is 2. The quantitative estimate of drug-likeness (QED) is 0.654. The average molecular weight is 402 g/mol. The van der Waals surface area contributed by atoms with Crippen LogP contribution in [0.15, 0.2) is 32.9 Å². The van der Waals surface area contributed by atoms with Gasteiger partial charge in [0.05, 0.1) is 10.9 Å². The van der Waals surface area contributed by atoms with Gasteiger partial charge in [0, 0.05) is 9.86 Å². The SMILES string of the molecule is O=C(N=Nc1c(O)[nH]c2ccc(Br)cc12)C12CC3CC(CC(C3)C1)C2. The van der Waals surface area contributed by atoms with Crippen molar-refractivity contribution in [3.05, 3.63) is 22.7 Å². The predicted molar refractivity (Wildman–Crippen MR) is 97.8 cm³/mol. The molecule has 0 saturated heterocycles. The van der Waals surface area contributed by atoms with Crippen LogP contribution in [0.25, 0.3) is 10.9 Å². The van der Waals surface area contributed by atoms with E-state index in [0.29, 0.717) is 23.4 Å². The van der Waals surface area contributed by atoms with Crippen molar-refractivity contribution in [3.63, 3.8) is 0 Å². The van der Waals surface area contributed by atoms with Gasteiger partial charge in [-0.25, -0.2) is 0 Å². The lowest BCUT2D eigenvalue weighted by Gasteiger charge is -2.54. The maximum absolute atomic E-state index is 12.9. The molecule has 1 aromatic carbocycles. The maximum atomic E-state index is 12.9. The van der Waals surface area contributed by atoms with Gasteiger partial charge < -0.3 is 10.1 Å². The van der Waals surface area contributed by atoms with E-state index in [1.807, 2.05) is 18.2 Å². The Balaban J connectivity index is 1.47. The molecule has 4 aliphatic rings. The van der Waals surface area contributed by atoms with Crippen molar-refractivity contribution in [2.75, 3.05) is 0 Å². The Bertz CT molecular complexity index is 866. The molecular weight excluding hydrogens is 382 g/mol. The number of carbonyl (C=O) groups excluding carboxylic acids is 1. The second kappa shape index (κ2) is 5.40. The van der Waals surface area contributed by atoms with E-state index in [-0.39, 0.29) is 17.2 Å². The molecule has 4 fully saturated rings. The molecule has 1 aromatic heterocycles. The fourth-order valence-electron chi connectivity index (χ4n) is 5.81. The second-order valence-electron chi connectivity index (χ2n) is 8.22. The number of aromatic nitrogens is 1. The molecule has 2 aromatic rings. The lowest BCUT2D eigenvalue weighted by Crippen LogP contribution is -2.49. The average Bonchev–Trinajstić information content (AvgIpc) is 2.86. The van der Waals surface area contributed by atoms with Gasteiger partial charge in [0.15, 0.2) is 5.69 Å². The molecule has 6 heteroatoms. The van der Waals surface area contributed by atoms with Gasteiger partial charge >= 0.3 is 0 Å². The largest absolute Gasteiger partial charge is 0.493 e. The molecule has 0 radical (unpaired) electrons. The molecule has 4 aliphatic carbocycles. The number of nitrogens with one attached hydrogen (secondary N) is 1. The molecule has 2 N–H and O–H groups in total. The Morgan fingerprint density at radius 3 is 2.44 bits per heavy atom. The number of hydrogen-bond acceptors (Lipinski definition) is 3. The minimum atomic E-state index is -0.291. The molecular formula is C19H20BrN3O2. The van der Waals surface area contributed by atoms with Gasteiger partial charge in [-0.15, -0.1) is 10.2 Å². The van der Waals surface area contributed by atoms with E-state index in [4.69, 9.17) is 0 Å². The van der Waals surface area contributed by atoms with Gasteiger partial charge in [-0.3, -0.25) is 4.79 Å². The Kier molecular flexibility index (Phi) is 3.36. The summed E-state index contributed by atoms with van der Waals surface area (Å²) in [4.78, 5) is 15.8. The van der Waals surface area contributed by atoms with E-state index in [0.717, 1.165) is 34.6 Å². The van der Waals surface area contributed by atoms with E-state index in [2.05, 4.69) is 31.1 Å².